The highest BCUT2D eigenvalue weighted by molar-refractivity contribution is 8.00. The number of nitrogens with one attached hydrogen (secondary N) is 1. The number of thiazole rings is 1. The van der Waals surface area contributed by atoms with E-state index in [9.17, 15) is 0 Å². The van der Waals surface area contributed by atoms with Crippen LogP contribution in [0.4, 0.5) is 5.00 Å². The minimum Gasteiger partial charge on any atom is -0.363 e. The summed E-state index contributed by atoms with van der Waals surface area (Å²) in [4.78, 5) is 4.36. The molecule has 1 aliphatic rings. The highest BCUT2D eigenvalue weighted by Gasteiger charge is 2.20. The van der Waals surface area contributed by atoms with Crippen LogP contribution < -0.4 is 5.32 Å². The number of aromatic nitrogens is 1. The van der Waals surface area contributed by atoms with Crippen molar-refractivity contribution in [1.82, 2.24) is 4.98 Å². The van der Waals surface area contributed by atoms with Gasteiger partial charge in [0.05, 0.1) is 10.4 Å². The standard InChI is InChI=1S/C6H8N2S2/c1-3-7-5-6(9-3)8-4(2)10-5/h3,7H,1-2H3. The van der Waals surface area contributed by atoms with E-state index in [1.54, 1.807) is 23.1 Å². The van der Waals surface area contributed by atoms with E-state index in [0.29, 0.717) is 5.37 Å². The van der Waals surface area contributed by atoms with Crippen molar-refractivity contribution < 1.29 is 0 Å². The highest BCUT2D eigenvalue weighted by Crippen LogP contribution is 2.41. The van der Waals surface area contributed by atoms with E-state index >= 15 is 0 Å². The fraction of sp³-hybridized carbons (Fsp3) is 0.500. The molecular weight excluding hydrogens is 164 g/mol. The zero-order valence-electron chi connectivity index (χ0n) is 5.84. The van der Waals surface area contributed by atoms with E-state index < -0.39 is 0 Å². The molecule has 0 radical (unpaired) electrons. The molecule has 0 aromatic carbocycles. The van der Waals surface area contributed by atoms with Gasteiger partial charge in [-0.3, -0.25) is 0 Å². The van der Waals surface area contributed by atoms with Crippen LogP contribution in [0.1, 0.15) is 11.9 Å². The minimum atomic E-state index is 0.509. The van der Waals surface area contributed by atoms with Crippen LogP contribution in [0.15, 0.2) is 5.03 Å². The topological polar surface area (TPSA) is 24.9 Å². The van der Waals surface area contributed by atoms with Crippen molar-refractivity contribution in [3.63, 3.8) is 0 Å². The maximum atomic E-state index is 4.36. The molecule has 0 saturated heterocycles. The number of fused-ring (bicyclic) bond motifs is 1. The van der Waals surface area contributed by atoms with E-state index in [2.05, 4.69) is 17.2 Å². The van der Waals surface area contributed by atoms with Crippen molar-refractivity contribution in [2.75, 3.05) is 5.32 Å². The van der Waals surface area contributed by atoms with Gasteiger partial charge in [-0.1, -0.05) is 11.8 Å². The van der Waals surface area contributed by atoms with Crippen molar-refractivity contribution >= 4 is 28.1 Å². The molecule has 0 saturated carbocycles. The van der Waals surface area contributed by atoms with E-state index in [4.69, 9.17) is 0 Å². The lowest BCUT2D eigenvalue weighted by molar-refractivity contribution is 1.15. The van der Waals surface area contributed by atoms with Crippen LogP contribution >= 0.6 is 23.1 Å². The van der Waals surface area contributed by atoms with Crippen LogP contribution in [-0.2, 0) is 0 Å². The lowest BCUT2D eigenvalue weighted by atomic mass is 10.7. The summed E-state index contributed by atoms with van der Waals surface area (Å²) in [5.41, 5.74) is 0. The normalized spacial score (nSPS) is 22.4. The van der Waals surface area contributed by atoms with Gasteiger partial charge in [-0.2, -0.15) is 0 Å². The Morgan fingerprint density at radius 2 is 2.40 bits per heavy atom. The maximum absolute atomic E-state index is 4.36. The molecule has 0 fully saturated rings. The van der Waals surface area contributed by atoms with Gasteiger partial charge in [0.25, 0.3) is 0 Å². The van der Waals surface area contributed by atoms with Gasteiger partial charge in [0.2, 0.25) is 0 Å². The van der Waals surface area contributed by atoms with Gasteiger partial charge in [-0.15, -0.1) is 11.3 Å². The number of hydrogen-bond acceptors (Lipinski definition) is 4. The molecule has 1 atom stereocenters. The number of rotatable bonds is 0. The predicted molar refractivity (Wildman–Crippen MR) is 45.8 cm³/mol. The largest absolute Gasteiger partial charge is 0.363 e. The fourth-order valence-electron chi connectivity index (χ4n) is 0.961. The lowest BCUT2D eigenvalue weighted by Gasteiger charge is -1.98. The van der Waals surface area contributed by atoms with Crippen molar-refractivity contribution in [2.45, 2.75) is 24.2 Å². The molecule has 54 valence electrons. The highest BCUT2D eigenvalue weighted by atomic mass is 32.2. The van der Waals surface area contributed by atoms with Crippen LogP contribution in [0.2, 0.25) is 0 Å². The third kappa shape index (κ3) is 0.914. The Labute approximate surface area is 68.1 Å². The Morgan fingerprint density at radius 3 is 3.10 bits per heavy atom. The van der Waals surface area contributed by atoms with E-state index in [1.807, 2.05) is 6.92 Å². The van der Waals surface area contributed by atoms with Gasteiger partial charge in [0.1, 0.15) is 10.0 Å². The number of nitrogens with zero attached hydrogens (tertiary/aromatic N) is 1. The van der Waals surface area contributed by atoms with Gasteiger partial charge in [0.15, 0.2) is 0 Å². The molecule has 0 spiro atoms. The number of hydrogen-bond donors (Lipinski definition) is 1. The Bertz CT molecular complexity index is 233. The van der Waals surface area contributed by atoms with Crippen LogP contribution in [0.5, 0.6) is 0 Å². The molecular formula is C6H8N2S2. The first-order chi connectivity index (χ1) is 4.75. The van der Waals surface area contributed by atoms with Crippen LogP contribution in [0.25, 0.3) is 0 Å². The van der Waals surface area contributed by atoms with Crippen LogP contribution in [0, 0.1) is 6.92 Å². The third-order valence-electron chi connectivity index (χ3n) is 1.33. The van der Waals surface area contributed by atoms with Gasteiger partial charge in [0, 0.05) is 0 Å². The minimum absolute atomic E-state index is 0.509. The van der Waals surface area contributed by atoms with Crippen molar-refractivity contribution in [1.29, 1.82) is 0 Å². The van der Waals surface area contributed by atoms with Gasteiger partial charge in [-0.25, -0.2) is 4.98 Å². The molecule has 2 nitrogen and oxygen atoms in total. The van der Waals surface area contributed by atoms with E-state index in [0.717, 1.165) is 5.01 Å². The predicted octanol–water partition coefficient (Wildman–Crippen LogP) is 2.32. The average Bonchev–Trinajstić information content (AvgIpc) is 2.21. The molecule has 4 heteroatoms. The van der Waals surface area contributed by atoms with Crippen molar-refractivity contribution in [2.24, 2.45) is 0 Å². The Morgan fingerprint density at radius 1 is 1.60 bits per heavy atom. The van der Waals surface area contributed by atoms with E-state index in [-0.39, 0.29) is 0 Å². The summed E-state index contributed by atoms with van der Waals surface area (Å²) in [6, 6.07) is 0. The summed E-state index contributed by atoms with van der Waals surface area (Å²) in [5.74, 6) is 0. The zero-order chi connectivity index (χ0) is 7.14. The molecule has 2 rings (SSSR count). The first-order valence-electron chi connectivity index (χ1n) is 3.16. The van der Waals surface area contributed by atoms with Gasteiger partial charge < -0.3 is 5.32 Å². The summed E-state index contributed by atoms with van der Waals surface area (Å²) in [6.45, 7) is 4.18. The Kier molecular flexibility index (Phi) is 1.38. The monoisotopic (exact) mass is 172 g/mol. The lowest BCUT2D eigenvalue weighted by Crippen LogP contribution is -2.01. The number of aryl methyl sites for hydroxylation is 1. The number of anilines is 1. The first kappa shape index (κ1) is 6.49. The molecule has 1 aromatic heterocycles. The van der Waals surface area contributed by atoms with Crippen LogP contribution in [-0.4, -0.2) is 10.4 Å². The third-order valence-corrected chi connectivity index (χ3v) is 3.35. The van der Waals surface area contributed by atoms with Gasteiger partial charge in [-0.05, 0) is 13.8 Å². The molecule has 0 bridgehead atoms. The summed E-state index contributed by atoms with van der Waals surface area (Å²) >= 11 is 3.54. The first-order valence-corrected chi connectivity index (χ1v) is 4.86. The van der Waals surface area contributed by atoms with Gasteiger partial charge >= 0.3 is 0 Å². The quantitative estimate of drug-likeness (QED) is 0.650. The smallest absolute Gasteiger partial charge is 0.133 e. The summed E-state index contributed by atoms with van der Waals surface area (Å²) in [6.07, 6.45) is 0. The summed E-state index contributed by atoms with van der Waals surface area (Å²) < 4.78 is 0. The second kappa shape index (κ2) is 2.13. The molecule has 0 amide bonds. The summed E-state index contributed by atoms with van der Waals surface area (Å²) in [5, 5.41) is 7.42. The molecule has 1 unspecified atom stereocenters. The van der Waals surface area contributed by atoms with Crippen molar-refractivity contribution in [3.8, 4) is 0 Å². The molecule has 10 heavy (non-hydrogen) atoms. The Balaban J connectivity index is 2.39. The second-order valence-electron chi connectivity index (χ2n) is 2.27. The maximum Gasteiger partial charge on any atom is 0.133 e. The zero-order valence-corrected chi connectivity index (χ0v) is 7.47. The number of thioether (sulfide) groups is 1. The summed E-state index contributed by atoms with van der Waals surface area (Å²) in [7, 11) is 0. The molecule has 1 aromatic rings. The molecule has 2 heterocycles. The average molecular weight is 172 g/mol. The Hall–Kier alpha value is -0.220. The second-order valence-corrected chi connectivity index (χ2v) is 4.80. The van der Waals surface area contributed by atoms with E-state index in [1.165, 1.54) is 10.0 Å². The molecule has 0 aliphatic carbocycles. The molecule has 1 N–H and O–H groups in total. The van der Waals surface area contributed by atoms with Crippen LogP contribution in [0.3, 0.4) is 0 Å². The van der Waals surface area contributed by atoms with Crippen molar-refractivity contribution in [3.05, 3.63) is 5.01 Å². The molecule has 1 aliphatic heterocycles. The fourth-order valence-corrected chi connectivity index (χ4v) is 3.03. The SMILES string of the molecule is Cc1nc2c(s1)NC(C)S2.